The van der Waals surface area contributed by atoms with Gasteiger partial charge in [-0.2, -0.15) is 16.8 Å². The summed E-state index contributed by atoms with van der Waals surface area (Å²) >= 11 is 11.5. The van der Waals surface area contributed by atoms with Crippen molar-refractivity contribution in [1.82, 2.24) is 0 Å². The summed E-state index contributed by atoms with van der Waals surface area (Å²) in [6.45, 7) is 0. The van der Waals surface area contributed by atoms with Crippen molar-refractivity contribution < 1.29 is 39.4 Å². The van der Waals surface area contributed by atoms with Gasteiger partial charge in [-0.05, 0) is 30.5 Å². The molecule has 2 aromatic carbocycles. The molecule has 35 heavy (non-hydrogen) atoms. The van der Waals surface area contributed by atoms with E-state index in [-0.39, 0.29) is 17.0 Å². The Kier molecular flexibility index (Phi) is 9.13. The summed E-state index contributed by atoms with van der Waals surface area (Å²) in [7, 11) is -8.37. The van der Waals surface area contributed by atoms with E-state index >= 15 is 0 Å². The fourth-order valence-corrected chi connectivity index (χ4v) is 4.72. The molecule has 2 unspecified atom stereocenters. The first-order chi connectivity index (χ1) is 16.0. The number of benzene rings is 2. The average molecular weight is 575 g/mol. The minimum atomic E-state index is -4.24. The van der Waals surface area contributed by atoms with Crippen LogP contribution in [0.1, 0.15) is 36.2 Å². The van der Waals surface area contributed by atoms with E-state index in [4.69, 9.17) is 31.6 Å². The standard InChI is InChI=1S/C18H17Cl2FN2O10S2/c1-34(28,29)32-17(10-3-4-12(19)15(7-10)22(24)25)5-6-18(33-35(2,30)31)11-8-16(23(26)27)13(20)9-14(11)21/h3-4,7-9,17-18H,5-6H2,1-2H3. The molecule has 0 amide bonds. The Bertz CT molecular complexity index is 1370. The smallest absolute Gasteiger partial charge is 0.262 e. The van der Waals surface area contributed by atoms with Gasteiger partial charge in [-0.25, -0.2) is 4.39 Å². The zero-order valence-corrected chi connectivity index (χ0v) is 21.0. The van der Waals surface area contributed by atoms with E-state index in [1.54, 1.807) is 0 Å². The van der Waals surface area contributed by atoms with E-state index in [2.05, 4.69) is 0 Å². The van der Waals surface area contributed by atoms with Crippen LogP contribution in [-0.2, 0) is 28.6 Å². The fourth-order valence-electron chi connectivity index (χ4n) is 3.06. The summed E-state index contributed by atoms with van der Waals surface area (Å²) in [6, 6.07) is 4.68. The molecule has 0 radical (unpaired) electrons. The number of nitrogens with zero attached hydrogens (tertiary/aromatic N) is 2. The molecule has 0 bridgehead atoms. The summed E-state index contributed by atoms with van der Waals surface area (Å²) in [6.07, 6.45) is -2.50. The van der Waals surface area contributed by atoms with Crippen LogP contribution in [0.5, 0.6) is 0 Å². The highest BCUT2D eigenvalue weighted by Crippen LogP contribution is 2.38. The first kappa shape index (κ1) is 28.8. The number of rotatable bonds is 11. The van der Waals surface area contributed by atoms with Gasteiger partial charge < -0.3 is 0 Å². The lowest BCUT2D eigenvalue weighted by atomic mass is 9.98. The topological polar surface area (TPSA) is 173 Å². The predicted molar refractivity (Wildman–Crippen MR) is 123 cm³/mol. The van der Waals surface area contributed by atoms with Gasteiger partial charge in [0.2, 0.25) is 0 Å². The van der Waals surface area contributed by atoms with E-state index in [9.17, 15) is 41.5 Å². The second-order valence-electron chi connectivity index (χ2n) is 7.21. The lowest BCUT2D eigenvalue weighted by Gasteiger charge is -2.21. The van der Waals surface area contributed by atoms with Gasteiger partial charge in [0.15, 0.2) is 0 Å². The highest BCUT2D eigenvalue weighted by molar-refractivity contribution is 7.86. The number of halogens is 3. The second kappa shape index (κ2) is 11.1. The predicted octanol–water partition coefficient (Wildman–Crippen LogP) is 4.46. The number of hydrogen-bond donors (Lipinski definition) is 0. The van der Waals surface area contributed by atoms with Crippen LogP contribution >= 0.6 is 23.2 Å². The van der Waals surface area contributed by atoms with Crippen molar-refractivity contribution in [3.8, 4) is 0 Å². The van der Waals surface area contributed by atoms with Crippen LogP contribution in [0, 0.1) is 26.0 Å². The second-order valence-corrected chi connectivity index (χ2v) is 11.2. The van der Waals surface area contributed by atoms with Crippen LogP contribution in [0.3, 0.4) is 0 Å². The molecule has 0 aliphatic heterocycles. The van der Waals surface area contributed by atoms with Gasteiger partial charge in [-0.3, -0.25) is 28.6 Å². The van der Waals surface area contributed by atoms with Crippen LogP contribution in [-0.4, -0.2) is 39.2 Å². The quantitative estimate of drug-likeness (QED) is 0.211. The molecule has 0 aromatic heterocycles. The van der Waals surface area contributed by atoms with Crippen molar-refractivity contribution in [3.63, 3.8) is 0 Å². The molecular formula is C18H17Cl2FN2O10S2. The van der Waals surface area contributed by atoms with E-state index in [1.165, 1.54) is 6.07 Å². The van der Waals surface area contributed by atoms with Gasteiger partial charge in [0.25, 0.3) is 31.6 Å². The Balaban J connectivity index is 2.52. The highest BCUT2D eigenvalue weighted by Gasteiger charge is 2.29. The summed E-state index contributed by atoms with van der Waals surface area (Å²) in [4.78, 5) is 20.7. The van der Waals surface area contributed by atoms with E-state index in [0.717, 1.165) is 18.4 Å². The van der Waals surface area contributed by atoms with Gasteiger partial charge >= 0.3 is 0 Å². The Labute approximate surface area is 209 Å². The lowest BCUT2D eigenvalue weighted by Crippen LogP contribution is -2.16. The normalized spacial score (nSPS) is 13.9. The third-order valence-electron chi connectivity index (χ3n) is 4.42. The first-order valence-electron chi connectivity index (χ1n) is 9.32. The molecule has 0 saturated heterocycles. The molecule has 12 nitrogen and oxygen atoms in total. The van der Waals surface area contributed by atoms with Crippen LogP contribution in [0.25, 0.3) is 0 Å². The Morgan fingerprint density at radius 1 is 0.857 bits per heavy atom. The molecule has 2 atom stereocenters. The van der Waals surface area contributed by atoms with Crippen molar-refractivity contribution in [2.45, 2.75) is 25.0 Å². The maximum absolute atomic E-state index is 14.6. The number of hydrogen-bond acceptors (Lipinski definition) is 10. The zero-order valence-electron chi connectivity index (χ0n) is 17.9. The third-order valence-corrected chi connectivity index (χ3v) is 6.21. The molecule has 0 heterocycles. The Hall–Kier alpha value is -2.43. The van der Waals surface area contributed by atoms with Gasteiger partial charge in [-0.15, -0.1) is 0 Å². The van der Waals surface area contributed by atoms with E-state index in [1.807, 2.05) is 0 Å². The maximum Gasteiger partial charge on any atom is 0.288 e. The van der Waals surface area contributed by atoms with Crippen molar-refractivity contribution in [3.05, 3.63) is 77.5 Å². The minimum Gasteiger partial charge on any atom is -0.262 e. The van der Waals surface area contributed by atoms with Crippen LogP contribution in [0.15, 0.2) is 30.3 Å². The monoisotopic (exact) mass is 574 g/mol. The molecule has 17 heteroatoms. The SMILES string of the molecule is CS(=O)(=O)OC(CCC(OS(C)(=O)=O)c1cc([N+](=O)[O-])c(Cl)cc1F)c1ccc(Cl)c([N+](=O)[O-])c1. The molecule has 0 aliphatic carbocycles. The van der Waals surface area contributed by atoms with Crippen molar-refractivity contribution >= 4 is 54.8 Å². The molecule has 0 saturated carbocycles. The van der Waals surface area contributed by atoms with Crippen molar-refractivity contribution in [1.29, 1.82) is 0 Å². The summed E-state index contributed by atoms with van der Waals surface area (Å²) in [5.74, 6) is -1.11. The van der Waals surface area contributed by atoms with Gasteiger partial charge in [0.1, 0.15) is 28.1 Å². The van der Waals surface area contributed by atoms with Crippen molar-refractivity contribution in [2.24, 2.45) is 0 Å². The Morgan fingerprint density at radius 2 is 1.34 bits per heavy atom. The molecular weight excluding hydrogens is 558 g/mol. The average Bonchev–Trinajstić information content (AvgIpc) is 2.68. The molecule has 0 fully saturated rings. The van der Waals surface area contributed by atoms with Gasteiger partial charge in [-0.1, -0.05) is 29.3 Å². The molecule has 2 aromatic rings. The van der Waals surface area contributed by atoms with Crippen LogP contribution in [0.2, 0.25) is 10.0 Å². The molecule has 0 aliphatic rings. The van der Waals surface area contributed by atoms with Crippen LogP contribution < -0.4 is 0 Å². The summed E-state index contributed by atoms with van der Waals surface area (Å²) in [5.41, 5.74) is -1.81. The largest absolute Gasteiger partial charge is 0.288 e. The Morgan fingerprint density at radius 3 is 1.86 bits per heavy atom. The molecule has 2 rings (SSSR count). The highest BCUT2D eigenvalue weighted by atomic mass is 35.5. The number of nitro benzene ring substituents is 2. The van der Waals surface area contributed by atoms with Gasteiger partial charge in [0, 0.05) is 17.7 Å². The molecule has 0 N–H and O–H groups in total. The van der Waals surface area contributed by atoms with Crippen LogP contribution in [0.4, 0.5) is 15.8 Å². The van der Waals surface area contributed by atoms with E-state index < -0.39 is 76.5 Å². The molecule has 192 valence electrons. The fraction of sp³-hybridized carbons (Fsp3) is 0.333. The lowest BCUT2D eigenvalue weighted by molar-refractivity contribution is -0.385. The zero-order chi connectivity index (χ0) is 26.7. The van der Waals surface area contributed by atoms with E-state index in [0.29, 0.717) is 18.4 Å². The first-order valence-corrected chi connectivity index (χ1v) is 13.7. The van der Waals surface area contributed by atoms with Crippen molar-refractivity contribution in [2.75, 3.05) is 12.5 Å². The molecule has 0 spiro atoms. The summed E-state index contributed by atoms with van der Waals surface area (Å²) in [5, 5.41) is 21.6. The maximum atomic E-state index is 14.6. The minimum absolute atomic E-state index is 0.00723. The number of nitro groups is 2. The summed E-state index contributed by atoms with van der Waals surface area (Å²) < 4.78 is 71.7. The third kappa shape index (κ3) is 8.33. The van der Waals surface area contributed by atoms with Gasteiger partial charge in [0.05, 0.1) is 22.4 Å².